The molecule has 0 radical (unpaired) electrons. The van der Waals surface area contributed by atoms with Crippen LogP contribution in [0.4, 0.5) is 0 Å². The average molecular weight is 359 g/mol. The quantitative estimate of drug-likeness (QED) is 0.655. The molecule has 0 unspecified atom stereocenters. The van der Waals surface area contributed by atoms with Gasteiger partial charge in [0, 0.05) is 26.2 Å². The second kappa shape index (κ2) is 9.12. The number of nitrogens with one attached hydrogen (secondary N) is 2. The first-order valence-corrected chi connectivity index (χ1v) is 8.79. The van der Waals surface area contributed by atoms with Crippen LogP contribution in [0, 0.1) is 5.92 Å². The van der Waals surface area contributed by atoms with Gasteiger partial charge in [-0.15, -0.1) is 0 Å². The standard InChI is InChI=1S/C19H25N3O4/c1-12(23)21-16(10-13-6-3-2-4-7-13)19(26)22-17(18(20)25)14-8-5-9-15(24)11-14/h2-4,6-7,14,16-17H,5,8-11H2,1H3,(H2,20,25)(H,21,23)(H,22,26)/t14-,16+,17+/m0/s1. The Morgan fingerprint density at radius 3 is 2.46 bits per heavy atom. The molecule has 3 atom stereocenters. The van der Waals surface area contributed by atoms with Crippen LogP contribution in [0.25, 0.3) is 0 Å². The van der Waals surface area contributed by atoms with Gasteiger partial charge in [-0.1, -0.05) is 30.3 Å². The zero-order valence-corrected chi connectivity index (χ0v) is 14.9. The van der Waals surface area contributed by atoms with Crippen molar-refractivity contribution < 1.29 is 19.2 Å². The van der Waals surface area contributed by atoms with Gasteiger partial charge < -0.3 is 16.4 Å². The first-order valence-electron chi connectivity index (χ1n) is 8.79. The molecule has 0 spiro atoms. The number of amides is 3. The van der Waals surface area contributed by atoms with E-state index in [0.29, 0.717) is 25.7 Å². The van der Waals surface area contributed by atoms with E-state index in [9.17, 15) is 19.2 Å². The van der Waals surface area contributed by atoms with Gasteiger partial charge in [0.15, 0.2) is 0 Å². The largest absolute Gasteiger partial charge is 0.368 e. The maximum Gasteiger partial charge on any atom is 0.243 e. The molecule has 1 aliphatic rings. The number of carbonyl (C=O) groups is 4. The van der Waals surface area contributed by atoms with Crippen molar-refractivity contribution in [3.05, 3.63) is 35.9 Å². The molecule has 0 bridgehead atoms. The van der Waals surface area contributed by atoms with Crippen molar-refractivity contribution in [3.8, 4) is 0 Å². The van der Waals surface area contributed by atoms with E-state index >= 15 is 0 Å². The molecule has 0 aromatic heterocycles. The first kappa shape index (κ1) is 19.6. The van der Waals surface area contributed by atoms with Crippen molar-refractivity contribution >= 4 is 23.5 Å². The molecule has 7 nitrogen and oxygen atoms in total. The molecular weight excluding hydrogens is 334 g/mol. The Balaban J connectivity index is 2.10. The highest BCUT2D eigenvalue weighted by Gasteiger charge is 2.33. The van der Waals surface area contributed by atoms with Crippen LogP contribution < -0.4 is 16.4 Å². The van der Waals surface area contributed by atoms with Crippen LogP contribution in [-0.4, -0.2) is 35.6 Å². The normalized spacial score (nSPS) is 19.3. The molecule has 3 amide bonds. The molecule has 1 aromatic rings. The van der Waals surface area contributed by atoms with E-state index in [1.54, 1.807) is 0 Å². The summed E-state index contributed by atoms with van der Waals surface area (Å²) >= 11 is 0. The Kier molecular flexibility index (Phi) is 6.89. The van der Waals surface area contributed by atoms with E-state index in [1.807, 2.05) is 30.3 Å². The lowest BCUT2D eigenvalue weighted by atomic mass is 9.82. The highest BCUT2D eigenvalue weighted by Crippen LogP contribution is 2.24. The van der Waals surface area contributed by atoms with Gasteiger partial charge >= 0.3 is 0 Å². The number of carbonyl (C=O) groups excluding carboxylic acids is 4. The maximum atomic E-state index is 12.7. The van der Waals surface area contributed by atoms with Crippen LogP contribution in [0.3, 0.4) is 0 Å². The van der Waals surface area contributed by atoms with E-state index in [-0.39, 0.29) is 24.0 Å². The van der Waals surface area contributed by atoms with Gasteiger partial charge in [-0.3, -0.25) is 19.2 Å². The molecule has 1 aromatic carbocycles. The van der Waals surface area contributed by atoms with E-state index in [1.165, 1.54) is 6.92 Å². The highest BCUT2D eigenvalue weighted by molar-refractivity contribution is 5.92. The summed E-state index contributed by atoms with van der Waals surface area (Å²) < 4.78 is 0. The SMILES string of the molecule is CC(=O)N[C@H](Cc1ccccc1)C(=O)N[C@@H](C(N)=O)[C@H]1CCCC(=O)C1. The van der Waals surface area contributed by atoms with Gasteiger partial charge in [0.1, 0.15) is 17.9 Å². The minimum atomic E-state index is -0.918. The van der Waals surface area contributed by atoms with Crippen LogP contribution in [0.2, 0.25) is 0 Å². The van der Waals surface area contributed by atoms with Gasteiger partial charge in [0.05, 0.1) is 0 Å². The third-order valence-electron chi connectivity index (χ3n) is 4.57. The van der Waals surface area contributed by atoms with Crippen LogP contribution in [0.5, 0.6) is 0 Å². The monoisotopic (exact) mass is 359 g/mol. The zero-order chi connectivity index (χ0) is 19.1. The van der Waals surface area contributed by atoms with Crippen molar-refractivity contribution in [1.29, 1.82) is 0 Å². The molecule has 1 saturated carbocycles. The van der Waals surface area contributed by atoms with E-state index in [2.05, 4.69) is 10.6 Å². The number of benzene rings is 1. The number of primary amides is 1. The van der Waals surface area contributed by atoms with Crippen molar-refractivity contribution in [3.63, 3.8) is 0 Å². The first-order chi connectivity index (χ1) is 12.4. The summed E-state index contributed by atoms with van der Waals surface area (Å²) in [5.41, 5.74) is 6.34. The number of hydrogen-bond acceptors (Lipinski definition) is 4. The lowest BCUT2D eigenvalue weighted by Gasteiger charge is -2.29. The Labute approximate surface area is 152 Å². The predicted octanol–water partition coefficient (Wildman–Crippen LogP) is 0.463. The highest BCUT2D eigenvalue weighted by atomic mass is 16.2. The summed E-state index contributed by atoms with van der Waals surface area (Å²) in [5.74, 6) is -1.72. The van der Waals surface area contributed by atoms with Crippen molar-refractivity contribution in [2.24, 2.45) is 11.7 Å². The Morgan fingerprint density at radius 2 is 1.88 bits per heavy atom. The maximum absolute atomic E-state index is 12.7. The van der Waals surface area contributed by atoms with Crippen molar-refractivity contribution in [2.45, 2.75) is 51.1 Å². The number of rotatable bonds is 7. The summed E-state index contributed by atoms with van der Waals surface area (Å²) in [4.78, 5) is 47.7. The second-order valence-electron chi connectivity index (χ2n) is 6.73. The van der Waals surface area contributed by atoms with Crippen LogP contribution in [0.1, 0.15) is 38.2 Å². The van der Waals surface area contributed by atoms with Crippen molar-refractivity contribution in [1.82, 2.24) is 10.6 Å². The van der Waals surface area contributed by atoms with Crippen LogP contribution in [-0.2, 0) is 25.6 Å². The van der Waals surface area contributed by atoms with E-state index in [0.717, 1.165) is 5.56 Å². The lowest BCUT2D eigenvalue weighted by Crippen LogP contribution is -2.56. The number of Topliss-reactive ketones (excluding diaryl/α,β-unsaturated/α-hetero) is 1. The summed E-state index contributed by atoms with van der Waals surface area (Å²) in [5, 5.41) is 5.27. The summed E-state index contributed by atoms with van der Waals surface area (Å²) in [7, 11) is 0. The molecular formula is C19H25N3O4. The Hall–Kier alpha value is -2.70. The summed E-state index contributed by atoms with van der Waals surface area (Å²) in [6.45, 7) is 1.33. The molecule has 7 heteroatoms. The molecule has 0 saturated heterocycles. The van der Waals surface area contributed by atoms with E-state index < -0.39 is 23.9 Å². The fourth-order valence-electron chi connectivity index (χ4n) is 3.32. The van der Waals surface area contributed by atoms with Gasteiger partial charge in [-0.2, -0.15) is 0 Å². The number of nitrogens with two attached hydrogens (primary N) is 1. The van der Waals surface area contributed by atoms with E-state index in [4.69, 9.17) is 5.73 Å². The summed E-state index contributed by atoms with van der Waals surface area (Å²) in [6, 6.07) is 7.52. The average Bonchev–Trinajstić information content (AvgIpc) is 2.59. The summed E-state index contributed by atoms with van der Waals surface area (Å²) in [6.07, 6.45) is 2.36. The molecule has 1 aliphatic carbocycles. The third-order valence-corrected chi connectivity index (χ3v) is 4.57. The van der Waals surface area contributed by atoms with Gasteiger partial charge in [-0.05, 0) is 24.3 Å². The lowest BCUT2D eigenvalue weighted by molar-refractivity contribution is -0.132. The minimum Gasteiger partial charge on any atom is -0.368 e. The van der Waals surface area contributed by atoms with Gasteiger partial charge in [0.2, 0.25) is 17.7 Å². The van der Waals surface area contributed by atoms with Crippen LogP contribution >= 0.6 is 0 Å². The second-order valence-corrected chi connectivity index (χ2v) is 6.73. The smallest absolute Gasteiger partial charge is 0.243 e. The number of hydrogen-bond donors (Lipinski definition) is 3. The molecule has 4 N–H and O–H groups in total. The molecule has 1 fully saturated rings. The topological polar surface area (TPSA) is 118 Å². The molecule has 0 aliphatic heterocycles. The molecule has 26 heavy (non-hydrogen) atoms. The van der Waals surface area contributed by atoms with Crippen molar-refractivity contribution in [2.75, 3.05) is 0 Å². The van der Waals surface area contributed by atoms with Gasteiger partial charge in [0.25, 0.3) is 0 Å². The number of ketones is 1. The fourth-order valence-corrected chi connectivity index (χ4v) is 3.32. The Bertz CT molecular complexity index is 675. The minimum absolute atomic E-state index is 0.0736. The predicted molar refractivity (Wildman–Crippen MR) is 95.8 cm³/mol. The zero-order valence-electron chi connectivity index (χ0n) is 14.9. The Morgan fingerprint density at radius 1 is 1.19 bits per heavy atom. The van der Waals surface area contributed by atoms with Crippen LogP contribution in [0.15, 0.2) is 30.3 Å². The molecule has 0 heterocycles. The molecule has 2 rings (SSSR count). The van der Waals surface area contributed by atoms with Gasteiger partial charge in [-0.25, -0.2) is 0 Å². The molecule has 140 valence electrons. The third kappa shape index (κ3) is 5.68. The fraction of sp³-hybridized carbons (Fsp3) is 0.474.